The number of benzene rings is 1. The van der Waals surface area contributed by atoms with Gasteiger partial charge in [0.25, 0.3) is 0 Å². The van der Waals surface area contributed by atoms with Crippen molar-refractivity contribution in [3.63, 3.8) is 0 Å². The molecule has 6 heterocycles. The van der Waals surface area contributed by atoms with Gasteiger partial charge >= 0.3 is 0 Å². The second kappa shape index (κ2) is 13.0. The van der Waals surface area contributed by atoms with Crippen LogP contribution in [0.3, 0.4) is 0 Å². The van der Waals surface area contributed by atoms with E-state index in [0.717, 1.165) is 87.3 Å². The number of nitrogen functional groups attached to an aromatic ring is 1. The maximum atomic E-state index is 15.8. The molecular formula is C38H43FN10O2. The molecule has 13 heteroatoms. The van der Waals surface area contributed by atoms with Crippen LogP contribution in [-0.2, 0) is 16.0 Å². The van der Waals surface area contributed by atoms with E-state index in [2.05, 4.69) is 21.3 Å². The molecule has 1 amide bonds. The second-order valence-corrected chi connectivity index (χ2v) is 14.4. The first-order valence-electron chi connectivity index (χ1n) is 18.2. The lowest BCUT2D eigenvalue weighted by Crippen LogP contribution is -2.47. The van der Waals surface area contributed by atoms with Gasteiger partial charge in [-0.05, 0) is 86.1 Å². The number of hydrogen-bond acceptors (Lipinski definition) is 9. The monoisotopic (exact) mass is 690 g/mol. The zero-order valence-corrected chi connectivity index (χ0v) is 28.8. The van der Waals surface area contributed by atoms with Gasteiger partial charge in [0.2, 0.25) is 5.91 Å². The van der Waals surface area contributed by atoms with Crippen molar-refractivity contribution in [2.75, 3.05) is 43.9 Å². The molecule has 0 radical (unpaired) electrons. The number of pyridine rings is 2. The number of nitrogens with zero attached hydrogens (tertiary/aromatic N) is 8. The maximum Gasteiger partial charge on any atom is 0.225 e. The Hall–Kier alpha value is -4.88. The van der Waals surface area contributed by atoms with Gasteiger partial charge in [-0.3, -0.25) is 9.36 Å². The van der Waals surface area contributed by atoms with E-state index in [1.54, 1.807) is 18.0 Å². The summed E-state index contributed by atoms with van der Waals surface area (Å²) in [5, 5.41) is 8.51. The van der Waals surface area contributed by atoms with Gasteiger partial charge in [-0.2, -0.15) is 0 Å². The van der Waals surface area contributed by atoms with Gasteiger partial charge in [0.15, 0.2) is 23.1 Å². The summed E-state index contributed by atoms with van der Waals surface area (Å²) >= 11 is 0. The second-order valence-electron chi connectivity index (χ2n) is 14.4. The summed E-state index contributed by atoms with van der Waals surface area (Å²) in [7, 11) is 1.77. The number of likely N-dealkylation sites (tertiary alicyclic amines) is 1. The Morgan fingerprint density at radius 2 is 1.78 bits per heavy atom. The zero-order chi connectivity index (χ0) is 34.6. The van der Waals surface area contributed by atoms with Gasteiger partial charge < -0.3 is 25.6 Å². The van der Waals surface area contributed by atoms with Gasteiger partial charge in [-0.1, -0.05) is 6.07 Å². The van der Waals surface area contributed by atoms with E-state index in [0.29, 0.717) is 52.6 Å². The Labute approximate surface area is 295 Å². The number of methoxy groups -OCH3 is 1. The number of nitrogens with one attached hydrogen (secondary N) is 1. The molecule has 0 spiro atoms. The van der Waals surface area contributed by atoms with E-state index in [-0.39, 0.29) is 12.0 Å². The minimum absolute atomic E-state index is 0.169. The van der Waals surface area contributed by atoms with E-state index in [1.807, 2.05) is 58.1 Å². The van der Waals surface area contributed by atoms with Crippen LogP contribution in [0.5, 0.6) is 0 Å². The number of piperidine rings is 2. The molecule has 1 unspecified atom stereocenters. The quantitative estimate of drug-likeness (QED) is 0.236. The van der Waals surface area contributed by atoms with Gasteiger partial charge in [0.1, 0.15) is 17.5 Å². The number of rotatable bonds is 8. The lowest BCUT2D eigenvalue weighted by atomic mass is 10.0. The molecule has 4 aromatic heterocycles. The van der Waals surface area contributed by atoms with Crippen molar-refractivity contribution >= 4 is 28.7 Å². The van der Waals surface area contributed by atoms with E-state index in [1.165, 1.54) is 0 Å². The van der Waals surface area contributed by atoms with Crippen molar-refractivity contribution in [2.24, 2.45) is 5.92 Å². The van der Waals surface area contributed by atoms with Crippen LogP contribution in [0.4, 0.5) is 16.0 Å². The first kappa shape index (κ1) is 32.1. The highest BCUT2D eigenvalue weighted by molar-refractivity contribution is 5.83. The average molecular weight is 691 g/mol. The molecule has 2 atom stereocenters. The van der Waals surface area contributed by atoms with Crippen molar-refractivity contribution in [1.29, 1.82) is 0 Å². The lowest BCUT2D eigenvalue weighted by Gasteiger charge is -2.34. The molecule has 2 aliphatic carbocycles. The molecule has 5 aromatic rings. The lowest BCUT2D eigenvalue weighted by molar-refractivity contribution is -0.133. The highest BCUT2D eigenvalue weighted by Crippen LogP contribution is 2.38. The first-order valence-corrected chi connectivity index (χ1v) is 18.2. The zero-order valence-electron chi connectivity index (χ0n) is 28.8. The summed E-state index contributed by atoms with van der Waals surface area (Å²) in [4.78, 5) is 31.3. The van der Waals surface area contributed by atoms with Crippen molar-refractivity contribution in [2.45, 2.75) is 69.3 Å². The van der Waals surface area contributed by atoms with Crippen LogP contribution in [-0.4, -0.2) is 91.7 Å². The number of halogens is 1. The summed E-state index contributed by atoms with van der Waals surface area (Å²) in [6.45, 7) is 3.25. The van der Waals surface area contributed by atoms with Crippen LogP contribution < -0.4 is 16.0 Å². The summed E-state index contributed by atoms with van der Waals surface area (Å²) in [6, 6.07) is 15.5. The minimum Gasteiger partial charge on any atom is -0.383 e. The summed E-state index contributed by atoms with van der Waals surface area (Å²) in [5.41, 5.74) is 11.2. The van der Waals surface area contributed by atoms with Crippen LogP contribution in [0.15, 0.2) is 60.9 Å². The molecular weight excluding hydrogens is 647 g/mol. The molecule has 264 valence electrons. The molecule has 2 aliphatic heterocycles. The number of aromatic nitrogens is 6. The fraction of sp³-hybridized carbons (Fsp3) is 0.447. The highest BCUT2D eigenvalue weighted by atomic mass is 19.1. The Bertz CT molecular complexity index is 2080. The van der Waals surface area contributed by atoms with Crippen LogP contribution in [0.25, 0.3) is 34.1 Å². The summed E-state index contributed by atoms with van der Waals surface area (Å²) in [6.07, 6.45) is 8.80. The number of imidazole rings is 1. The van der Waals surface area contributed by atoms with Crippen LogP contribution in [0.1, 0.15) is 55.7 Å². The van der Waals surface area contributed by atoms with Crippen molar-refractivity contribution in [3.05, 3.63) is 72.1 Å². The van der Waals surface area contributed by atoms with Gasteiger partial charge in [0.05, 0.1) is 17.7 Å². The number of nitrogens with two attached hydrogens (primary N) is 1. The molecule has 1 saturated carbocycles. The molecule has 2 saturated heterocycles. The van der Waals surface area contributed by atoms with Crippen LogP contribution in [0, 0.1) is 5.92 Å². The number of fused-ring (bicyclic) bond motifs is 2. The van der Waals surface area contributed by atoms with Crippen LogP contribution in [0.2, 0.25) is 0 Å². The number of carbonyl (C=O) groups excluding carboxylic acids is 1. The minimum atomic E-state index is -1.05. The topological polar surface area (TPSA) is 132 Å². The Morgan fingerprint density at radius 3 is 2.55 bits per heavy atom. The first-order chi connectivity index (χ1) is 24.9. The number of anilines is 2. The van der Waals surface area contributed by atoms with E-state index >= 15 is 4.39 Å². The molecule has 3 N–H and O–H groups in total. The molecule has 9 rings (SSSR count). The van der Waals surface area contributed by atoms with Crippen molar-refractivity contribution < 1.29 is 13.9 Å². The van der Waals surface area contributed by atoms with Crippen LogP contribution >= 0.6 is 0 Å². The molecule has 0 bridgehead atoms. The van der Waals surface area contributed by atoms with E-state index < -0.39 is 12.2 Å². The predicted molar refractivity (Wildman–Crippen MR) is 193 cm³/mol. The number of amides is 1. The average Bonchev–Trinajstić information content (AvgIpc) is 3.64. The largest absolute Gasteiger partial charge is 0.383 e. The fourth-order valence-electron chi connectivity index (χ4n) is 8.08. The number of carbonyl (C=O) groups is 1. The van der Waals surface area contributed by atoms with Crippen molar-refractivity contribution in [3.8, 4) is 22.9 Å². The molecule has 4 aliphatic rings. The number of hydrogen-bond donors (Lipinski definition) is 2. The SMILES string of the molecule is COC1CCN(c2ccn(-c3ccc4nc(-c5cccnc5N)n(-c5ccc6c(c5)CC(F)[C@@H]6NC5CCN(C(=O)C6CC6)CC5)c4n3)n2)CC1. The molecule has 3 fully saturated rings. The predicted octanol–water partition coefficient (Wildman–Crippen LogP) is 4.79. The third-order valence-corrected chi connectivity index (χ3v) is 11.1. The van der Waals surface area contributed by atoms with Gasteiger partial charge in [-0.25, -0.2) is 24.0 Å². The molecule has 12 nitrogen and oxygen atoms in total. The smallest absolute Gasteiger partial charge is 0.225 e. The van der Waals surface area contributed by atoms with E-state index in [9.17, 15) is 4.79 Å². The Kier molecular flexibility index (Phi) is 8.19. The van der Waals surface area contributed by atoms with Gasteiger partial charge in [-0.15, -0.1) is 5.10 Å². The number of alkyl halides is 1. The molecule has 1 aromatic carbocycles. The third kappa shape index (κ3) is 6.01. The standard InChI is InChI=1S/C38H43FN10O2/c1-51-27-12-18-46(19-13-27)33-14-20-48(45-33)32-9-8-31-37(44-32)49(36(43-31)29-3-2-15-41-35(29)40)26-6-7-28-24(21-26)22-30(39)34(28)42-25-10-16-47(17-11-25)38(50)23-4-5-23/h2-3,6-9,14-15,20-21,23,25,27,30,34,42H,4-5,10-13,16-19,22H2,1H3,(H2,40,41)/t30?,34-/m1/s1. The number of ether oxygens (including phenoxy) is 1. The maximum absolute atomic E-state index is 15.8. The normalized spacial score (nSPS) is 21.5. The Balaban J connectivity index is 1.03. The third-order valence-electron chi connectivity index (χ3n) is 11.1. The highest BCUT2D eigenvalue weighted by Gasteiger charge is 2.38. The van der Waals surface area contributed by atoms with Crippen molar-refractivity contribution in [1.82, 2.24) is 39.5 Å². The summed E-state index contributed by atoms with van der Waals surface area (Å²) < 4.78 is 25.1. The Morgan fingerprint density at radius 1 is 0.961 bits per heavy atom. The van der Waals surface area contributed by atoms with Gasteiger partial charge in [0, 0.05) is 75.8 Å². The molecule has 51 heavy (non-hydrogen) atoms. The fourth-order valence-corrected chi connectivity index (χ4v) is 8.08. The van der Waals surface area contributed by atoms with E-state index in [4.69, 9.17) is 25.5 Å². The summed E-state index contributed by atoms with van der Waals surface area (Å²) in [5.74, 6) is 3.07.